The zero-order chi connectivity index (χ0) is 16.6. The first-order valence-electron chi connectivity index (χ1n) is 7.46. The zero-order valence-corrected chi connectivity index (χ0v) is 14.0. The van der Waals surface area contributed by atoms with Gasteiger partial charge >= 0.3 is 0 Å². The van der Waals surface area contributed by atoms with Crippen molar-refractivity contribution < 1.29 is 19.1 Å². The number of primary amides is 1. The number of nitrogens with zero attached hydrogens (tertiary/aromatic N) is 1. The molecule has 2 saturated heterocycles. The van der Waals surface area contributed by atoms with E-state index < -0.39 is 23.3 Å². The molecule has 2 atom stereocenters. The van der Waals surface area contributed by atoms with Crippen LogP contribution < -0.4 is 5.73 Å². The van der Waals surface area contributed by atoms with E-state index in [4.69, 9.17) is 10.5 Å². The molecule has 0 bridgehead atoms. The van der Waals surface area contributed by atoms with E-state index in [1.807, 2.05) is 24.3 Å². The largest absolute Gasteiger partial charge is 0.367 e. The quantitative estimate of drug-likeness (QED) is 0.782. The van der Waals surface area contributed by atoms with Gasteiger partial charge in [0.15, 0.2) is 5.78 Å². The molecule has 0 aromatic heterocycles. The number of halogens is 1. The van der Waals surface area contributed by atoms with Crippen molar-refractivity contribution in [3.63, 3.8) is 0 Å². The van der Waals surface area contributed by atoms with Gasteiger partial charge in [-0.3, -0.25) is 14.4 Å². The van der Waals surface area contributed by atoms with Gasteiger partial charge in [0.1, 0.15) is 6.61 Å². The molecule has 0 aliphatic carbocycles. The number of ether oxygens (including phenoxy) is 1. The number of carbonyl (C=O) groups is 3. The molecule has 122 valence electrons. The summed E-state index contributed by atoms with van der Waals surface area (Å²) in [6.45, 7) is 0.155. The number of likely N-dealkylation sites (tertiary alicyclic amines) is 1. The molecule has 1 aromatic carbocycles. The number of Topliss-reactive ketones (excluding diaryl/α,β-unsaturated/α-hetero) is 1. The van der Waals surface area contributed by atoms with Crippen molar-refractivity contribution in [3.05, 3.63) is 34.3 Å². The third-order valence-corrected chi connectivity index (χ3v) is 5.09. The van der Waals surface area contributed by atoms with Gasteiger partial charge < -0.3 is 15.4 Å². The second-order valence-electron chi connectivity index (χ2n) is 5.81. The highest BCUT2D eigenvalue weighted by atomic mass is 79.9. The number of aryl methyl sites for hydroxylation is 1. The van der Waals surface area contributed by atoms with Crippen molar-refractivity contribution in [2.75, 3.05) is 13.2 Å². The highest BCUT2D eigenvalue weighted by Gasteiger charge is 2.64. The van der Waals surface area contributed by atoms with Crippen molar-refractivity contribution >= 4 is 33.5 Å². The van der Waals surface area contributed by atoms with Crippen LogP contribution in [0, 0.1) is 0 Å². The third kappa shape index (κ3) is 2.57. The predicted octanol–water partition coefficient (Wildman–Crippen LogP) is 0.806. The Kier molecular flexibility index (Phi) is 4.25. The molecule has 3 rings (SSSR count). The molecule has 2 fully saturated rings. The lowest BCUT2D eigenvalue weighted by Gasteiger charge is -2.32. The summed E-state index contributed by atoms with van der Waals surface area (Å²) < 4.78 is 6.33. The summed E-state index contributed by atoms with van der Waals surface area (Å²) in [7, 11) is 0. The molecule has 0 saturated carbocycles. The van der Waals surface area contributed by atoms with Crippen molar-refractivity contribution in [1.82, 2.24) is 4.90 Å². The average molecular weight is 381 g/mol. The molecule has 1 aromatic rings. The fraction of sp³-hybridized carbons (Fsp3) is 0.438. The predicted molar refractivity (Wildman–Crippen MR) is 85.5 cm³/mol. The Morgan fingerprint density at radius 1 is 1.35 bits per heavy atom. The summed E-state index contributed by atoms with van der Waals surface area (Å²) in [5.74, 6) is -1.45. The van der Waals surface area contributed by atoms with Gasteiger partial charge in [-0.15, -0.1) is 0 Å². The number of hydrogen-bond acceptors (Lipinski definition) is 4. The minimum atomic E-state index is -1.60. The molecule has 2 unspecified atom stereocenters. The second kappa shape index (κ2) is 6.05. The van der Waals surface area contributed by atoms with Crippen LogP contribution in [0.25, 0.3) is 0 Å². The Bertz CT molecular complexity index is 661. The maximum Gasteiger partial charge on any atom is 0.254 e. The minimum Gasteiger partial charge on any atom is -0.367 e. The van der Waals surface area contributed by atoms with Crippen LogP contribution in [-0.2, 0) is 25.5 Å². The summed E-state index contributed by atoms with van der Waals surface area (Å²) in [6, 6.07) is 7.67. The lowest BCUT2D eigenvalue weighted by Crippen LogP contribution is -2.63. The van der Waals surface area contributed by atoms with Crippen LogP contribution in [0.15, 0.2) is 28.7 Å². The van der Waals surface area contributed by atoms with Gasteiger partial charge in [-0.25, -0.2) is 0 Å². The Hall–Kier alpha value is -1.73. The molecular formula is C16H17BrN2O4. The molecule has 2 heterocycles. The molecule has 0 radical (unpaired) electrons. The highest BCUT2D eigenvalue weighted by molar-refractivity contribution is 9.10. The Morgan fingerprint density at radius 2 is 2.04 bits per heavy atom. The number of benzene rings is 1. The van der Waals surface area contributed by atoms with E-state index in [9.17, 15) is 14.4 Å². The summed E-state index contributed by atoms with van der Waals surface area (Å²) in [4.78, 5) is 38.1. The lowest BCUT2D eigenvalue weighted by molar-refractivity contribution is -0.150. The van der Waals surface area contributed by atoms with Crippen LogP contribution in [-0.4, -0.2) is 47.3 Å². The van der Waals surface area contributed by atoms with Crippen molar-refractivity contribution in [1.29, 1.82) is 0 Å². The van der Waals surface area contributed by atoms with Gasteiger partial charge in [0.25, 0.3) is 5.91 Å². The Morgan fingerprint density at radius 3 is 2.70 bits per heavy atom. The molecule has 7 heteroatoms. The van der Waals surface area contributed by atoms with E-state index in [2.05, 4.69) is 15.9 Å². The summed E-state index contributed by atoms with van der Waals surface area (Å²) in [6.07, 6.45) is 0.608. The van der Waals surface area contributed by atoms with Gasteiger partial charge in [-0.05, 0) is 30.5 Å². The summed E-state index contributed by atoms with van der Waals surface area (Å²) in [5, 5.41) is 0. The van der Waals surface area contributed by atoms with Crippen LogP contribution in [0.1, 0.15) is 18.4 Å². The van der Waals surface area contributed by atoms with Gasteiger partial charge in [0.05, 0.1) is 6.10 Å². The van der Waals surface area contributed by atoms with Gasteiger partial charge in [-0.1, -0.05) is 28.1 Å². The maximum atomic E-state index is 12.6. The van der Waals surface area contributed by atoms with Crippen LogP contribution in [0.3, 0.4) is 0 Å². The number of ketones is 1. The van der Waals surface area contributed by atoms with Crippen molar-refractivity contribution in [2.45, 2.75) is 30.9 Å². The number of hydrogen-bond donors (Lipinski definition) is 1. The molecule has 2 N–H and O–H groups in total. The average Bonchev–Trinajstić information content (AvgIpc) is 3.06. The smallest absolute Gasteiger partial charge is 0.254 e. The molecular weight excluding hydrogens is 364 g/mol. The minimum absolute atomic E-state index is 0.163. The number of amides is 2. The van der Waals surface area contributed by atoms with Crippen molar-refractivity contribution in [2.24, 2.45) is 5.73 Å². The van der Waals surface area contributed by atoms with Crippen LogP contribution >= 0.6 is 15.9 Å². The first-order chi connectivity index (χ1) is 11.0. The first kappa shape index (κ1) is 16.1. The Labute approximate surface area is 142 Å². The summed E-state index contributed by atoms with van der Waals surface area (Å²) >= 11 is 3.36. The van der Waals surface area contributed by atoms with Crippen LogP contribution in [0.4, 0.5) is 0 Å². The van der Waals surface area contributed by atoms with Crippen LogP contribution in [0.2, 0.25) is 0 Å². The first-order valence-corrected chi connectivity index (χ1v) is 8.25. The van der Waals surface area contributed by atoms with E-state index in [1.54, 1.807) is 0 Å². The number of rotatable bonds is 4. The SMILES string of the molecule is NC(=O)C12C(=O)COC1CCN2C(=O)CCc1ccc(Br)cc1. The third-order valence-electron chi connectivity index (χ3n) is 4.56. The molecule has 23 heavy (non-hydrogen) atoms. The Balaban J connectivity index is 1.75. The van der Waals surface area contributed by atoms with Gasteiger partial charge in [0, 0.05) is 17.4 Å². The molecule has 2 aliphatic rings. The van der Waals surface area contributed by atoms with E-state index in [-0.39, 0.29) is 18.9 Å². The maximum absolute atomic E-state index is 12.6. The zero-order valence-electron chi connectivity index (χ0n) is 12.5. The van der Waals surface area contributed by atoms with E-state index in [0.29, 0.717) is 19.4 Å². The fourth-order valence-corrected chi connectivity index (χ4v) is 3.68. The molecule has 6 nitrogen and oxygen atoms in total. The monoisotopic (exact) mass is 380 g/mol. The number of nitrogens with two attached hydrogens (primary N) is 1. The second-order valence-corrected chi connectivity index (χ2v) is 6.73. The van der Waals surface area contributed by atoms with E-state index in [1.165, 1.54) is 4.90 Å². The van der Waals surface area contributed by atoms with E-state index in [0.717, 1.165) is 10.0 Å². The lowest BCUT2D eigenvalue weighted by atomic mass is 9.89. The highest BCUT2D eigenvalue weighted by Crippen LogP contribution is 2.38. The van der Waals surface area contributed by atoms with E-state index >= 15 is 0 Å². The normalized spacial score (nSPS) is 26.4. The van der Waals surface area contributed by atoms with Gasteiger partial charge in [0.2, 0.25) is 11.4 Å². The summed E-state index contributed by atoms with van der Waals surface area (Å²) in [5.41, 5.74) is 4.89. The topological polar surface area (TPSA) is 89.7 Å². The number of carbonyl (C=O) groups excluding carboxylic acids is 3. The molecule has 2 aliphatic heterocycles. The van der Waals surface area contributed by atoms with Crippen molar-refractivity contribution in [3.8, 4) is 0 Å². The van der Waals surface area contributed by atoms with Crippen LogP contribution in [0.5, 0.6) is 0 Å². The molecule has 2 amide bonds. The van der Waals surface area contributed by atoms with Gasteiger partial charge in [-0.2, -0.15) is 0 Å². The molecule has 0 spiro atoms. The fourth-order valence-electron chi connectivity index (χ4n) is 3.41. The standard InChI is InChI=1S/C16H17BrN2O4/c17-11-4-1-10(2-5-11)3-6-14(21)19-8-7-13-16(19,15(18)22)12(20)9-23-13/h1-2,4-5,13H,3,6-9H2,(H2,18,22). The number of fused-ring (bicyclic) bond motifs is 1.